The highest BCUT2D eigenvalue weighted by Crippen LogP contribution is 2.17. The largest absolute Gasteiger partial charge is 0.348 e. The Labute approximate surface area is 102 Å². The average Bonchev–Trinajstić information content (AvgIpc) is 2.95. The molecule has 0 bridgehead atoms. The van der Waals surface area contributed by atoms with Gasteiger partial charge >= 0.3 is 0 Å². The van der Waals surface area contributed by atoms with Gasteiger partial charge in [0.05, 0.1) is 13.1 Å². The molecule has 1 aliphatic rings. The molecule has 0 unspecified atom stereocenters. The Morgan fingerprint density at radius 2 is 2.29 bits per heavy atom. The molecule has 0 saturated heterocycles. The van der Waals surface area contributed by atoms with Crippen LogP contribution in [-0.2, 0) is 18.4 Å². The summed E-state index contributed by atoms with van der Waals surface area (Å²) in [4.78, 5) is 15.7. The lowest BCUT2D eigenvalue weighted by atomic mass is 10.2. The van der Waals surface area contributed by atoms with E-state index in [-0.39, 0.29) is 5.91 Å². The van der Waals surface area contributed by atoms with Crippen LogP contribution in [0.2, 0.25) is 0 Å². The van der Waals surface area contributed by atoms with Crippen molar-refractivity contribution < 1.29 is 4.79 Å². The predicted octanol–water partition coefficient (Wildman–Crippen LogP) is 0.568. The summed E-state index contributed by atoms with van der Waals surface area (Å²) in [5.41, 5.74) is 0. The van der Waals surface area contributed by atoms with Crippen molar-refractivity contribution in [1.29, 1.82) is 0 Å². The summed E-state index contributed by atoms with van der Waals surface area (Å²) in [6, 6.07) is 0.536. The van der Waals surface area contributed by atoms with Crippen molar-refractivity contribution in [2.45, 2.75) is 38.3 Å². The first-order valence-corrected chi connectivity index (χ1v) is 6.22. The lowest BCUT2D eigenvalue weighted by Crippen LogP contribution is -2.38. The minimum atomic E-state index is 0.0416. The van der Waals surface area contributed by atoms with E-state index in [2.05, 4.69) is 15.6 Å². The van der Waals surface area contributed by atoms with Gasteiger partial charge in [-0.15, -0.1) is 0 Å². The molecule has 5 nitrogen and oxygen atoms in total. The van der Waals surface area contributed by atoms with Crippen LogP contribution in [0.5, 0.6) is 0 Å². The lowest BCUT2D eigenvalue weighted by Gasteiger charge is -2.11. The fourth-order valence-electron chi connectivity index (χ4n) is 2.17. The third kappa shape index (κ3) is 3.56. The highest BCUT2D eigenvalue weighted by Gasteiger charge is 2.15. The molecule has 0 radical (unpaired) electrons. The molecule has 2 rings (SSSR count). The third-order valence-electron chi connectivity index (χ3n) is 3.27. The highest BCUT2D eigenvalue weighted by atomic mass is 16.1. The monoisotopic (exact) mass is 236 g/mol. The summed E-state index contributed by atoms with van der Waals surface area (Å²) in [5, 5.41) is 6.15. The Kier molecular flexibility index (Phi) is 4.14. The van der Waals surface area contributed by atoms with Gasteiger partial charge < -0.3 is 15.2 Å². The second-order valence-corrected chi connectivity index (χ2v) is 4.59. The number of amides is 1. The van der Waals surface area contributed by atoms with E-state index < -0.39 is 0 Å². The molecule has 0 spiro atoms. The number of aryl methyl sites for hydroxylation is 1. The van der Waals surface area contributed by atoms with Crippen molar-refractivity contribution in [3.05, 3.63) is 18.2 Å². The fourth-order valence-corrected chi connectivity index (χ4v) is 2.17. The Bertz CT molecular complexity index is 368. The van der Waals surface area contributed by atoms with Crippen LogP contribution in [0.1, 0.15) is 31.5 Å². The van der Waals surface area contributed by atoms with Crippen molar-refractivity contribution in [2.75, 3.05) is 6.54 Å². The molecule has 1 heterocycles. The van der Waals surface area contributed by atoms with Crippen LogP contribution in [0.3, 0.4) is 0 Å². The summed E-state index contributed by atoms with van der Waals surface area (Å²) in [7, 11) is 1.92. The summed E-state index contributed by atoms with van der Waals surface area (Å²) < 4.78 is 1.91. The second kappa shape index (κ2) is 5.82. The van der Waals surface area contributed by atoms with E-state index in [1.807, 2.05) is 17.8 Å². The molecule has 1 aromatic rings. The van der Waals surface area contributed by atoms with Gasteiger partial charge in [-0.3, -0.25) is 4.79 Å². The van der Waals surface area contributed by atoms with Crippen molar-refractivity contribution in [2.24, 2.45) is 7.05 Å². The van der Waals surface area contributed by atoms with Gasteiger partial charge in [-0.1, -0.05) is 12.8 Å². The number of imidazole rings is 1. The number of carbonyl (C=O) groups is 1. The Balaban J connectivity index is 1.65. The van der Waals surface area contributed by atoms with Gasteiger partial charge in [0.15, 0.2) is 0 Å². The van der Waals surface area contributed by atoms with Crippen LogP contribution < -0.4 is 10.6 Å². The molecule has 1 saturated carbocycles. The SMILES string of the molecule is Cn1ccnc1CNC(=O)CNC1CCCC1. The maximum absolute atomic E-state index is 11.6. The van der Waals surface area contributed by atoms with E-state index in [1.165, 1.54) is 25.7 Å². The topological polar surface area (TPSA) is 59.0 Å². The van der Waals surface area contributed by atoms with Crippen LogP contribution in [0.4, 0.5) is 0 Å². The smallest absolute Gasteiger partial charge is 0.234 e. The number of aromatic nitrogens is 2. The van der Waals surface area contributed by atoms with Crippen molar-refractivity contribution in [1.82, 2.24) is 20.2 Å². The molecule has 1 fully saturated rings. The first kappa shape index (κ1) is 12.1. The summed E-state index contributed by atoms with van der Waals surface area (Å²) >= 11 is 0. The van der Waals surface area contributed by atoms with Gasteiger partial charge in [0, 0.05) is 25.5 Å². The molecule has 2 N–H and O–H groups in total. The molecule has 17 heavy (non-hydrogen) atoms. The molecule has 1 amide bonds. The number of nitrogens with one attached hydrogen (secondary N) is 2. The standard InChI is InChI=1S/C12H20N4O/c1-16-7-6-13-11(16)8-15-12(17)9-14-10-4-2-3-5-10/h6-7,10,14H,2-5,8-9H2,1H3,(H,15,17). The average molecular weight is 236 g/mol. The highest BCUT2D eigenvalue weighted by molar-refractivity contribution is 5.77. The zero-order valence-electron chi connectivity index (χ0n) is 10.3. The van der Waals surface area contributed by atoms with Gasteiger partial charge in [0.25, 0.3) is 0 Å². The molecule has 94 valence electrons. The van der Waals surface area contributed by atoms with E-state index in [4.69, 9.17) is 0 Å². The van der Waals surface area contributed by atoms with E-state index in [0.717, 1.165) is 5.82 Å². The maximum Gasteiger partial charge on any atom is 0.234 e. The van der Waals surface area contributed by atoms with Gasteiger partial charge in [-0.25, -0.2) is 4.98 Å². The van der Waals surface area contributed by atoms with Crippen LogP contribution in [0.25, 0.3) is 0 Å². The van der Waals surface area contributed by atoms with E-state index in [0.29, 0.717) is 19.1 Å². The summed E-state index contributed by atoms with van der Waals surface area (Å²) in [6.45, 7) is 0.907. The minimum absolute atomic E-state index is 0.0416. The van der Waals surface area contributed by atoms with Crippen molar-refractivity contribution in [3.8, 4) is 0 Å². The number of carbonyl (C=O) groups excluding carboxylic acids is 1. The Hall–Kier alpha value is -1.36. The van der Waals surface area contributed by atoms with Gasteiger partial charge in [0.1, 0.15) is 5.82 Å². The minimum Gasteiger partial charge on any atom is -0.348 e. The molecular weight excluding hydrogens is 216 g/mol. The van der Waals surface area contributed by atoms with Crippen LogP contribution in [-0.4, -0.2) is 28.0 Å². The maximum atomic E-state index is 11.6. The van der Waals surface area contributed by atoms with Crippen molar-refractivity contribution in [3.63, 3.8) is 0 Å². The van der Waals surface area contributed by atoms with Gasteiger partial charge in [-0.2, -0.15) is 0 Å². The van der Waals surface area contributed by atoms with E-state index in [1.54, 1.807) is 6.20 Å². The zero-order chi connectivity index (χ0) is 12.1. The first-order chi connectivity index (χ1) is 8.25. The predicted molar refractivity (Wildman–Crippen MR) is 65.3 cm³/mol. The molecule has 5 heteroatoms. The van der Waals surface area contributed by atoms with Crippen LogP contribution in [0, 0.1) is 0 Å². The quantitative estimate of drug-likeness (QED) is 0.785. The first-order valence-electron chi connectivity index (χ1n) is 6.22. The molecular formula is C12H20N4O. The molecule has 0 atom stereocenters. The third-order valence-corrected chi connectivity index (χ3v) is 3.27. The van der Waals surface area contributed by atoms with E-state index >= 15 is 0 Å². The summed E-state index contributed by atoms with van der Waals surface area (Å²) in [5.74, 6) is 0.916. The van der Waals surface area contributed by atoms with Gasteiger partial charge in [0.2, 0.25) is 5.91 Å². The molecule has 0 aromatic carbocycles. The number of hydrogen-bond donors (Lipinski definition) is 2. The fraction of sp³-hybridized carbons (Fsp3) is 0.667. The zero-order valence-corrected chi connectivity index (χ0v) is 10.3. The lowest BCUT2D eigenvalue weighted by molar-refractivity contribution is -0.120. The molecule has 0 aliphatic heterocycles. The normalized spacial score (nSPS) is 16.3. The van der Waals surface area contributed by atoms with Crippen molar-refractivity contribution >= 4 is 5.91 Å². The second-order valence-electron chi connectivity index (χ2n) is 4.59. The van der Waals surface area contributed by atoms with E-state index in [9.17, 15) is 4.79 Å². The van der Waals surface area contributed by atoms with Crippen LogP contribution in [0.15, 0.2) is 12.4 Å². The number of hydrogen-bond acceptors (Lipinski definition) is 3. The Morgan fingerprint density at radius 3 is 2.94 bits per heavy atom. The number of rotatable bonds is 5. The van der Waals surface area contributed by atoms with Gasteiger partial charge in [-0.05, 0) is 12.8 Å². The Morgan fingerprint density at radius 1 is 1.53 bits per heavy atom. The van der Waals surface area contributed by atoms with Crippen LogP contribution >= 0.6 is 0 Å². The molecule has 1 aliphatic carbocycles. The summed E-state index contributed by atoms with van der Waals surface area (Å²) in [6.07, 6.45) is 8.58. The number of nitrogens with zero attached hydrogens (tertiary/aromatic N) is 2. The molecule has 1 aromatic heterocycles.